The molecule has 5 nitrogen and oxygen atoms in total. The molecule has 7 heteroatoms. The summed E-state index contributed by atoms with van der Waals surface area (Å²) in [6.45, 7) is 3.90. The lowest BCUT2D eigenvalue weighted by Gasteiger charge is -2.10. The maximum atomic E-state index is 13.5. The van der Waals surface area contributed by atoms with Crippen LogP contribution < -0.4 is 5.32 Å². The summed E-state index contributed by atoms with van der Waals surface area (Å²) in [4.78, 5) is 16.5. The number of ether oxygens (including phenoxy) is 1. The summed E-state index contributed by atoms with van der Waals surface area (Å²) in [5.74, 6) is -1.99. The van der Waals surface area contributed by atoms with Gasteiger partial charge in [0.15, 0.2) is 11.6 Å². The number of nitrogens with zero attached hydrogens (tertiary/aromatic N) is 2. The summed E-state index contributed by atoms with van der Waals surface area (Å²) >= 11 is 0. The average molecular weight is 399 g/mol. The lowest BCUT2D eigenvalue weighted by atomic mass is 10.1. The molecule has 0 radical (unpaired) electrons. The molecule has 0 bridgehead atoms. The van der Waals surface area contributed by atoms with Crippen molar-refractivity contribution < 1.29 is 18.3 Å². The van der Waals surface area contributed by atoms with Crippen LogP contribution in [0.4, 0.5) is 8.78 Å². The van der Waals surface area contributed by atoms with Gasteiger partial charge in [0.1, 0.15) is 5.69 Å². The number of aromatic nitrogens is 2. The molecule has 0 aliphatic heterocycles. The molecule has 0 atom stereocenters. The molecule has 0 aliphatic carbocycles. The number of carbonyl (C=O) groups excluding carboxylic acids is 1. The Kier molecular flexibility index (Phi) is 7.08. The fraction of sp³-hybridized carbons (Fsp3) is 0.273. The Hall–Kier alpha value is -3.06. The number of benzene rings is 2. The molecule has 1 aromatic heterocycles. The minimum Gasteiger partial charge on any atom is -0.381 e. The number of rotatable bonds is 9. The van der Waals surface area contributed by atoms with E-state index >= 15 is 0 Å². The van der Waals surface area contributed by atoms with Gasteiger partial charge < -0.3 is 10.1 Å². The lowest BCUT2D eigenvalue weighted by Crippen LogP contribution is -2.27. The zero-order valence-electron chi connectivity index (χ0n) is 16.2. The second-order valence-corrected chi connectivity index (χ2v) is 6.55. The SMILES string of the molecule is CCCOCCCNC(=O)c1cncn1-c1ccc(-c2ccc(F)c(F)c2)cc1. The van der Waals surface area contributed by atoms with E-state index in [4.69, 9.17) is 4.74 Å². The van der Waals surface area contributed by atoms with E-state index in [-0.39, 0.29) is 5.91 Å². The number of nitrogens with one attached hydrogen (secondary N) is 1. The van der Waals surface area contributed by atoms with Crippen LogP contribution in [0.1, 0.15) is 30.3 Å². The maximum Gasteiger partial charge on any atom is 0.269 e. The molecule has 0 unspecified atom stereocenters. The van der Waals surface area contributed by atoms with E-state index in [0.29, 0.717) is 24.4 Å². The van der Waals surface area contributed by atoms with E-state index in [0.717, 1.165) is 42.8 Å². The fourth-order valence-corrected chi connectivity index (χ4v) is 2.87. The summed E-state index contributed by atoms with van der Waals surface area (Å²) in [6, 6.07) is 11.0. The third kappa shape index (κ3) is 5.26. The van der Waals surface area contributed by atoms with E-state index in [9.17, 15) is 13.6 Å². The van der Waals surface area contributed by atoms with Gasteiger partial charge in [0.25, 0.3) is 5.91 Å². The first-order valence-corrected chi connectivity index (χ1v) is 9.54. The molecule has 152 valence electrons. The molecule has 1 heterocycles. The molecule has 0 saturated heterocycles. The fourth-order valence-electron chi connectivity index (χ4n) is 2.87. The van der Waals surface area contributed by atoms with E-state index in [1.807, 2.05) is 6.92 Å². The van der Waals surface area contributed by atoms with Gasteiger partial charge >= 0.3 is 0 Å². The predicted molar refractivity (Wildman–Crippen MR) is 107 cm³/mol. The van der Waals surface area contributed by atoms with E-state index in [1.165, 1.54) is 12.3 Å². The summed E-state index contributed by atoms with van der Waals surface area (Å²) in [5.41, 5.74) is 2.47. The lowest BCUT2D eigenvalue weighted by molar-refractivity contribution is 0.0934. The van der Waals surface area contributed by atoms with Gasteiger partial charge in [-0.3, -0.25) is 9.36 Å². The summed E-state index contributed by atoms with van der Waals surface area (Å²) in [7, 11) is 0. The standard InChI is InChI=1S/C22H23F2N3O2/c1-2-11-29-12-3-10-26-22(28)21-14-25-15-27(21)18-7-4-16(5-8-18)17-6-9-19(23)20(24)13-17/h4-9,13-15H,2-3,10-12H2,1H3,(H,26,28). The topological polar surface area (TPSA) is 56.1 Å². The van der Waals surface area contributed by atoms with Crippen molar-refractivity contribution in [2.75, 3.05) is 19.8 Å². The highest BCUT2D eigenvalue weighted by molar-refractivity contribution is 5.93. The van der Waals surface area contributed by atoms with Crippen molar-refractivity contribution >= 4 is 5.91 Å². The van der Waals surface area contributed by atoms with Gasteiger partial charge in [0.2, 0.25) is 0 Å². The Morgan fingerprint density at radius 3 is 2.55 bits per heavy atom. The number of hydrogen-bond donors (Lipinski definition) is 1. The third-order valence-electron chi connectivity index (χ3n) is 4.37. The zero-order chi connectivity index (χ0) is 20.6. The van der Waals surface area contributed by atoms with Crippen LogP contribution >= 0.6 is 0 Å². The number of carbonyl (C=O) groups is 1. The van der Waals surface area contributed by atoms with E-state index in [1.54, 1.807) is 35.2 Å². The Labute approximate surface area is 168 Å². The Morgan fingerprint density at radius 1 is 1.07 bits per heavy atom. The average Bonchev–Trinajstić information content (AvgIpc) is 3.22. The number of amides is 1. The second-order valence-electron chi connectivity index (χ2n) is 6.55. The third-order valence-corrected chi connectivity index (χ3v) is 4.37. The van der Waals surface area contributed by atoms with Crippen LogP contribution in [0.2, 0.25) is 0 Å². The van der Waals surface area contributed by atoms with Crippen LogP contribution in [0.3, 0.4) is 0 Å². The van der Waals surface area contributed by atoms with Crippen molar-refractivity contribution in [3.05, 3.63) is 72.3 Å². The van der Waals surface area contributed by atoms with Gasteiger partial charge in [-0.05, 0) is 48.2 Å². The molecule has 0 fully saturated rings. The predicted octanol–water partition coefficient (Wildman–Crippen LogP) is 4.36. The van der Waals surface area contributed by atoms with Gasteiger partial charge in [-0.1, -0.05) is 25.1 Å². The van der Waals surface area contributed by atoms with Crippen LogP contribution in [0, 0.1) is 11.6 Å². The molecule has 0 spiro atoms. The van der Waals surface area contributed by atoms with Crippen molar-refractivity contribution in [2.45, 2.75) is 19.8 Å². The second kappa shape index (κ2) is 9.93. The van der Waals surface area contributed by atoms with Crippen LogP contribution in [0.5, 0.6) is 0 Å². The Morgan fingerprint density at radius 2 is 1.83 bits per heavy atom. The molecular weight excluding hydrogens is 376 g/mol. The molecule has 3 rings (SSSR count). The van der Waals surface area contributed by atoms with Gasteiger partial charge in [0, 0.05) is 25.4 Å². The summed E-state index contributed by atoms with van der Waals surface area (Å²) in [6.07, 6.45) is 4.78. The van der Waals surface area contributed by atoms with Crippen LogP contribution in [-0.2, 0) is 4.74 Å². The molecule has 1 amide bonds. The molecule has 2 aromatic carbocycles. The Balaban J connectivity index is 1.66. The van der Waals surface area contributed by atoms with Crippen molar-refractivity contribution in [2.24, 2.45) is 0 Å². The van der Waals surface area contributed by atoms with Crippen LogP contribution in [-0.4, -0.2) is 35.2 Å². The highest BCUT2D eigenvalue weighted by atomic mass is 19.2. The zero-order valence-corrected chi connectivity index (χ0v) is 16.2. The first-order chi connectivity index (χ1) is 14.1. The minimum absolute atomic E-state index is 0.220. The summed E-state index contributed by atoms with van der Waals surface area (Å²) in [5, 5.41) is 2.86. The molecular formula is C22H23F2N3O2. The van der Waals surface area contributed by atoms with Crippen molar-refractivity contribution in [1.29, 1.82) is 0 Å². The monoisotopic (exact) mass is 399 g/mol. The number of hydrogen-bond acceptors (Lipinski definition) is 3. The molecule has 0 aliphatic rings. The van der Waals surface area contributed by atoms with E-state index in [2.05, 4.69) is 10.3 Å². The highest BCUT2D eigenvalue weighted by Gasteiger charge is 2.13. The van der Waals surface area contributed by atoms with Gasteiger partial charge in [-0.15, -0.1) is 0 Å². The molecule has 3 aromatic rings. The van der Waals surface area contributed by atoms with Crippen molar-refractivity contribution in [3.63, 3.8) is 0 Å². The van der Waals surface area contributed by atoms with Crippen LogP contribution in [0.15, 0.2) is 55.0 Å². The first kappa shape index (κ1) is 20.7. The molecule has 1 N–H and O–H groups in total. The Bertz CT molecular complexity index is 955. The van der Waals surface area contributed by atoms with E-state index < -0.39 is 11.6 Å². The van der Waals surface area contributed by atoms with Crippen molar-refractivity contribution in [3.8, 4) is 16.8 Å². The van der Waals surface area contributed by atoms with Gasteiger partial charge in [-0.25, -0.2) is 13.8 Å². The van der Waals surface area contributed by atoms with Gasteiger partial charge in [0.05, 0.1) is 12.5 Å². The van der Waals surface area contributed by atoms with Crippen LogP contribution in [0.25, 0.3) is 16.8 Å². The minimum atomic E-state index is -0.889. The summed E-state index contributed by atoms with van der Waals surface area (Å²) < 4.78 is 33.7. The maximum absolute atomic E-state index is 13.5. The number of imidazole rings is 1. The normalized spacial score (nSPS) is 10.9. The smallest absolute Gasteiger partial charge is 0.269 e. The first-order valence-electron chi connectivity index (χ1n) is 9.54. The number of halogens is 2. The van der Waals surface area contributed by atoms with Crippen molar-refractivity contribution in [1.82, 2.24) is 14.9 Å². The molecule has 29 heavy (non-hydrogen) atoms. The largest absolute Gasteiger partial charge is 0.381 e. The highest BCUT2D eigenvalue weighted by Crippen LogP contribution is 2.23. The molecule has 0 saturated carbocycles. The van der Waals surface area contributed by atoms with Gasteiger partial charge in [-0.2, -0.15) is 0 Å². The quantitative estimate of drug-likeness (QED) is 0.544.